The molecule has 0 heterocycles. The Morgan fingerprint density at radius 2 is 2.14 bits per heavy atom. The van der Waals surface area contributed by atoms with Crippen LogP contribution in [0.2, 0.25) is 0 Å². The summed E-state index contributed by atoms with van der Waals surface area (Å²) in [4.78, 5) is 0. The molecule has 1 rings (SSSR count). The first-order chi connectivity index (χ1) is 6.59. The molecule has 0 aromatic heterocycles. The van der Waals surface area contributed by atoms with Gasteiger partial charge < -0.3 is 10.5 Å². The normalized spacial score (nSPS) is 14.1. The Kier molecular flexibility index (Phi) is 3.10. The van der Waals surface area contributed by atoms with Crippen molar-refractivity contribution in [2.75, 3.05) is 7.11 Å². The first-order valence-electron chi connectivity index (χ1n) is 4.41. The molecule has 1 atom stereocenters. The largest absolute Gasteiger partial charge is 0.496 e. The fourth-order valence-electron chi connectivity index (χ4n) is 1.28. The second kappa shape index (κ2) is 4.12. The van der Waals surface area contributed by atoms with Gasteiger partial charge in [0.25, 0.3) is 0 Å². The van der Waals surface area contributed by atoms with Crippen LogP contribution in [-0.2, 0) is 6.42 Å². The van der Waals surface area contributed by atoms with E-state index in [4.69, 9.17) is 15.7 Å². The molecule has 0 aliphatic carbocycles. The van der Waals surface area contributed by atoms with Crippen LogP contribution in [0.5, 0.6) is 5.75 Å². The third kappa shape index (κ3) is 2.48. The van der Waals surface area contributed by atoms with E-state index in [0.29, 0.717) is 6.42 Å². The highest BCUT2D eigenvalue weighted by molar-refractivity contribution is 5.35. The van der Waals surface area contributed by atoms with E-state index in [2.05, 4.69) is 6.07 Å². The van der Waals surface area contributed by atoms with Crippen LogP contribution >= 0.6 is 0 Å². The van der Waals surface area contributed by atoms with E-state index in [-0.39, 0.29) is 0 Å². The number of nitrogens with two attached hydrogens (primary N) is 1. The van der Waals surface area contributed by atoms with Gasteiger partial charge in [0, 0.05) is 6.42 Å². The Labute approximate surface area is 84.1 Å². The van der Waals surface area contributed by atoms with E-state index < -0.39 is 5.54 Å². The van der Waals surface area contributed by atoms with Crippen molar-refractivity contribution in [2.24, 2.45) is 5.73 Å². The summed E-state index contributed by atoms with van der Waals surface area (Å²) < 4.78 is 5.17. The summed E-state index contributed by atoms with van der Waals surface area (Å²) in [7, 11) is 1.61. The van der Waals surface area contributed by atoms with Crippen LogP contribution in [0.4, 0.5) is 0 Å². The minimum absolute atomic E-state index is 0.494. The molecule has 0 amide bonds. The fraction of sp³-hybridized carbons (Fsp3) is 0.364. The first-order valence-corrected chi connectivity index (χ1v) is 4.41. The highest BCUT2D eigenvalue weighted by Gasteiger charge is 2.19. The molecule has 0 fully saturated rings. The van der Waals surface area contributed by atoms with Gasteiger partial charge >= 0.3 is 0 Å². The Balaban J connectivity index is 2.92. The summed E-state index contributed by atoms with van der Waals surface area (Å²) in [6.45, 7) is 1.71. The lowest BCUT2D eigenvalue weighted by molar-refractivity contribution is 0.406. The minimum atomic E-state index is -0.839. The molecule has 1 unspecified atom stereocenters. The van der Waals surface area contributed by atoms with Crippen molar-refractivity contribution in [3.05, 3.63) is 29.8 Å². The lowest BCUT2D eigenvalue weighted by atomic mass is 9.95. The van der Waals surface area contributed by atoms with Gasteiger partial charge in [-0.1, -0.05) is 18.2 Å². The molecule has 74 valence electrons. The van der Waals surface area contributed by atoms with Crippen molar-refractivity contribution >= 4 is 0 Å². The number of hydrogen-bond donors (Lipinski definition) is 1. The zero-order valence-corrected chi connectivity index (χ0v) is 8.45. The molecular weight excluding hydrogens is 176 g/mol. The van der Waals surface area contributed by atoms with Gasteiger partial charge in [0.2, 0.25) is 0 Å². The lowest BCUT2D eigenvalue weighted by Crippen LogP contribution is -2.36. The van der Waals surface area contributed by atoms with Crippen LogP contribution in [0.3, 0.4) is 0 Å². The van der Waals surface area contributed by atoms with E-state index in [1.807, 2.05) is 24.3 Å². The Morgan fingerprint density at radius 3 is 2.71 bits per heavy atom. The molecule has 3 nitrogen and oxygen atoms in total. The van der Waals surface area contributed by atoms with Crippen LogP contribution in [0.1, 0.15) is 12.5 Å². The fourth-order valence-corrected chi connectivity index (χ4v) is 1.28. The second-order valence-corrected chi connectivity index (χ2v) is 3.52. The number of nitrogens with zero attached hydrogens (tertiary/aromatic N) is 1. The average molecular weight is 190 g/mol. The highest BCUT2D eigenvalue weighted by Crippen LogP contribution is 2.21. The van der Waals surface area contributed by atoms with Crippen molar-refractivity contribution in [2.45, 2.75) is 18.9 Å². The Hall–Kier alpha value is -1.53. The Bertz CT molecular complexity index is 353. The second-order valence-electron chi connectivity index (χ2n) is 3.52. The molecule has 1 aromatic rings. The van der Waals surface area contributed by atoms with E-state index in [0.717, 1.165) is 11.3 Å². The van der Waals surface area contributed by atoms with Crippen LogP contribution in [0.25, 0.3) is 0 Å². The molecule has 0 saturated heterocycles. The molecule has 0 bridgehead atoms. The van der Waals surface area contributed by atoms with Crippen LogP contribution in [0, 0.1) is 11.3 Å². The summed E-state index contributed by atoms with van der Waals surface area (Å²) in [5.41, 5.74) is 5.88. The van der Waals surface area contributed by atoms with Gasteiger partial charge in [-0.3, -0.25) is 0 Å². The first kappa shape index (κ1) is 10.6. The van der Waals surface area contributed by atoms with Crippen LogP contribution in [-0.4, -0.2) is 12.6 Å². The number of benzene rings is 1. The lowest BCUT2D eigenvalue weighted by Gasteiger charge is -2.16. The van der Waals surface area contributed by atoms with Crippen molar-refractivity contribution in [3.8, 4) is 11.8 Å². The zero-order chi connectivity index (χ0) is 10.6. The summed E-state index contributed by atoms with van der Waals surface area (Å²) in [6.07, 6.45) is 0.494. The van der Waals surface area contributed by atoms with Gasteiger partial charge in [-0.25, -0.2) is 0 Å². The number of para-hydroxylation sites is 1. The number of rotatable bonds is 3. The summed E-state index contributed by atoms with van der Waals surface area (Å²) in [5.74, 6) is 0.777. The smallest absolute Gasteiger partial charge is 0.122 e. The number of methoxy groups -OCH3 is 1. The van der Waals surface area contributed by atoms with Crippen molar-refractivity contribution in [3.63, 3.8) is 0 Å². The molecule has 0 saturated carbocycles. The molecule has 1 aromatic carbocycles. The molecule has 3 heteroatoms. The van der Waals surface area contributed by atoms with Gasteiger partial charge in [-0.15, -0.1) is 0 Å². The SMILES string of the molecule is COc1ccccc1CC(C)(N)C#N. The molecule has 0 spiro atoms. The maximum absolute atomic E-state index is 8.80. The van der Waals surface area contributed by atoms with Crippen LogP contribution in [0.15, 0.2) is 24.3 Å². The molecule has 0 aliphatic heterocycles. The number of hydrogen-bond acceptors (Lipinski definition) is 3. The Morgan fingerprint density at radius 1 is 1.50 bits per heavy atom. The quantitative estimate of drug-likeness (QED) is 0.785. The molecule has 14 heavy (non-hydrogen) atoms. The topological polar surface area (TPSA) is 59.0 Å². The van der Waals surface area contributed by atoms with Crippen molar-refractivity contribution in [1.29, 1.82) is 5.26 Å². The average Bonchev–Trinajstić information content (AvgIpc) is 2.18. The van der Waals surface area contributed by atoms with Gasteiger partial charge in [0.05, 0.1) is 13.2 Å². The van der Waals surface area contributed by atoms with Gasteiger partial charge in [-0.2, -0.15) is 5.26 Å². The minimum Gasteiger partial charge on any atom is -0.496 e. The third-order valence-electron chi connectivity index (χ3n) is 2.01. The number of ether oxygens (including phenoxy) is 1. The zero-order valence-electron chi connectivity index (χ0n) is 8.45. The molecule has 2 N–H and O–H groups in total. The number of nitriles is 1. The maximum atomic E-state index is 8.80. The van der Waals surface area contributed by atoms with E-state index in [9.17, 15) is 0 Å². The van der Waals surface area contributed by atoms with E-state index >= 15 is 0 Å². The third-order valence-corrected chi connectivity index (χ3v) is 2.01. The standard InChI is InChI=1S/C11H14N2O/c1-11(13,8-12)7-9-5-3-4-6-10(9)14-2/h3-6H,7,13H2,1-2H3. The van der Waals surface area contributed by atoms with E-state index in [1.165, 1.54) is 0 Å². The van der Waals surface area contributed by atoms with Gasteiger partial charge in [-0.05, 0) is 18.6 Å². The predicted octanol–water partition coefficient (Wildman–Crippen LogP) is 1.48. The van der Waals surface area contributed by atoms with Crippen LogP contribution < -0.4 is 10.5 Å². The monoisotopic (exact) mass is 190 g/mol. The maximum Gasteiger partial charge on any atom is 0.122 e. The summed E-state index contributed by atoms with van der Waals surface area (Å²) in [5, 5.41) is 8.80. The highest BCUT2D eigenvalue weighted by atomic mass is 16.5. The molecular formula is C11H14N2O. The molecule has 0 radical (unpaired) electrons. The van der Waals surface area contributed by atoms with Crippen molar-refractivity contribution in [1.82, 2.24) is 0 Å². The van der Waals surface area contributed by atoms with Crippen molar-refractivity contribution < 1.29 is 4.74 Å². The van der Waals surface area contributed by atoms with E-state index in [1.54, 1.807) is 14.0 Å². The van der Waals surface area contributed by atoms with Gasteiger partial charge in [0.15, 0.2) is 0 Å². The summed E-state index contributed by atoms with van der Waals surface area (Å²) in [6, 6.07) is 9.64. The predicted molar refractivity (Wildman–Crippen MR) is 54.9 cm³/mol. The molecule has 0 aliphatic rings. The van der Waals surface area contributed by atoms with Gasteiger partial charge in [0.1, 0.15) is 11.3 Å². The summed E-state index contributed by atoms with van der Waals surface area (Å²) >= 11 is 0.